The smallest absolute Gasteiger partial charge is 0.230 e. The van der Waals surface area contributed by atoms with E-state index in [1.807, 2.05) is 24.3 Å². The molecule has 7 heteroatoms. The van der Waals surface area contributed by atoms with Crippen molar-refractivity contribution in [2.75, 3.05) is 5.75 Å². The lowest BCUT2D eigenvalue weighted by atomic mass is 10.2. The number of carbonyl (C=O) groups excluding carboxylic acids is 1. The molecule has 3 aromatic rings. The molecule has 1 aliphatic rings. The van der Waals surface area contributed by atoms with Gasteiger partial charge in [0, 0.05) is 16.9 Å². The van der Waals surface area contributed by atoms with Gasteiger partial charge in [-0.25, -0.2) is 4.98 Å². The van der Waals surface area contributed by atoms with Gasteiger partial charge in [0.25, 0.3) is 0 Å². The first-order valence-corrected chi connectivity index (χ1v) is 7.81. The van der Waals surface area contributed by atoms with Crippen LogP contribution >= 0.6 is 11.8 Å². The molecule has 1 aliphatic carbocycles. The number of rotatable bonds is 4. The molecule has 0 aliphatic heterocycles. The number of H-pyrrole nitrogens is 1. The van der Waals surface area contributed by atoms with Crippen LogP contribution in [-0.4, -0.2) is 37.9 Å². The molecule has 21 heavy (non-hydrogen) atoms. The maximum absolute atomic E-state index is 11.7. The van der Waals surface area contributed by atoms with Gasteiger partial charge in [0.1, 0.15) is 5.52 Å². The highest BCUT2D eigenvalue weighted by molar-refractivity contribution is 7.99. The number of benzene rings is 1. The Balaban J connectivity index is 1.55. The summed E-state index contributed by atoms with van der Waals surface area (Å²) in [5.74, 6) is 0.354. The van der Waals surface area contributed by atoms with Crippen molar-refractivity contribution in [2.24, 2.45) is 0 Å². The number of hydrogen-bond acceptors (Lipinski definition) is 5. The molecule has 2 heterocycles. The molecular weight excluding hydrogens is 286 g/mol. The first-order valence-electron chi connectivity index (χ1n) is 6.83. The highest BCUT2D eigenvalue weighted by Crippen LogP contribution is 2.23. The van der Waals surface area contributed by atoms with Crippen molar-refractivity contribution < 1.29 is 4.79 Å². The van der Waals surface area contributed by atoms with Gasteiger partial charge in [0.05, 0.1) is 5.75 Å². The number of para-hydroxylation sites is 1. The van der Waals surface area contributed by atoms with Crippen LogP contribution in [-0.2, 0) is 4.79 Å². The minimum absolute atomic E-state index is 0.0304. The van der Waals surface area contributed by atoms with Crippen LogP contribution in [0.4, 0.5) is 0 Å². The van der Waals surface area contributed by atoms with Gasteiger partial charge in [-0.2, -0.15) is 0 Å². The van der Waals surface area contributed by atoms with Crippen molar-refractivity contribution in [3.63, 3.8) is 0 Å². The van der Waals surface area contributed by atoms with Crippen LogP contribution in [0.1, 0.15) is 12.8 Å². The van der Waals surface area contributed by atoms with E-state index in [1.54, 1.807) is 0 Å². The Hall–Kier alpha value is -2.15. The molecule has 0 radical (unpaired) electrons. The number of thioether (sulfide) groups is 1. The van der Waals surface area contributed by atoms with Crippen LogP contribution in [0.5, 0.6) is 0 Å². The molecule has 106 valence electrons. The van der Waals surface area contributed by atoms with Crippen molar-refractivity contribution in [1.82, 2.24) is 25.5 Å². The van der Waals surface area contributed by atoms with Gasteiger partial charge in [-0.05, 0) is 18.9 Å². The third-order valence-corrected chi connectivity index (χ3v) is 4.22. The third kappa shape index (κ3) is 2.56. The van der Waals surface area contributed by atoms with Crippen LogP contribution in [0.2, 0.25) is 0 Å². The van der Waals surface area contributed by atoms with E-state index in [-0.39, 0.29) is 5.91 Å². The first kappa shape index (κ1) is 12.6. The summed E-state index contributed by atoms with van der Waals surface area (Å²) in [4.78, 5) is 19.3. The van der Waals surface area contributed by atoms with E-state index < -0.39 is 0 Å². The Morgan fingerprint density at radius 3 is 3.05 bits per heavy atom. The Labute approximate surface area is 124 Å². The number of nitrogens with one attached hydrogen (secondary N) is 2. The summed E-state index contributed by atoms with van der Waals surface area (Å²) in [5.41, 5.74) is 2.46. The molecule has 0 unspecified atom stereocenters. The van der Waals surface area contributed by atoms with Crippen molar-refractivity contribution in [1.29, 1.82) is 0 Å². The fourth-order valence-corrected chi connectivity index (χ4v) is 2.79. The van der Waals surface area contributed by atoms with Gasteiger partial charge in [-0.15, -0.1) is 10.2 Å². The number of carbonyl (C=O) groups is 1. The maximum atomic E-state index is 11.7. The lowest BCUT2D eigenvalue weighted by Gasteiger charge is -2.01. The highest BCUT2D eigenvalue weighted by Gasteiger charge is 2.23. The van der Waals surface area contributed by atoms with E-state index in [4.69, 9.17) is 0 Å². The minimum Gasteiger partial charge on any atom is -0.353 e. The van der Waals surface area contributed by atoms with Gasteiger partial charge >= 0.3 is 0 Å². The van der Waals surface area contributed by atoms with Crippen LogP contribution in [0, 0.1) is 0 Å². The molecule has 0 spiro atoms. The van der Waals surface area contributed by atoms with Gasteiger partial charge < -0.3 is 10.3 Å². The van der Waals surface area contributed by atoms with Gasteiger partial charge in [-0.1, -0.05) is 30.0 Å². The maximum Gasteiger partial charge on any atom is 0.230 e. The van der Waals surface area contributed by atoms with E-state index in [1.165, 1.54) is 11.8 Å². The van der Waals surface area contributed by atoms with E-state index in [0.29, 0.717) is 22.6 Å². The number of amides is 1. The lowest BCUT2D eigenvalue weighted by Crippen LogP contribution is -2.27. The average molecular weight is 299 g/mol. The van der Waals surface area contributed by atoms with Crippen LogP contribution < -0.4 is 5.32 Å². The summed E-state index contributed by atoms with van der Waals surface area (Å²) in [6, 6.07) is 8.27. The number of aromatic amines is 1. The lowest BCUT2D eigenvalue weighted by molar-refractivity contribution is -0.118. The Morgan fingerprint density at radius 1 is 1.33 bits per heavy atom. The van der Waals surface area contributed by atoms with Crippen LogP contribution in [0.15, 0.2) is 29.4 Å². The van der Waals surface area contributed by atoms with Crippen molar-refractivity contribution in [3.8, 4) is 0 Å². The fourth-order valence-electron chi connectivity index (χ4n) is 2.19. The van der Waals surface area contributed by atoms with Crippen LogP contribution in [0.25, 0.3) is 22.1 Å². The molecule has 2 N–H and O–H groups in total. The molecule has 1 saturated carbocycles. The predicted molar refractivity (Wildman–Crippen MR) is 81.1 cm³/mol. The summed E-state index contributed by atoms with van der Waals surface area (Å²) < 4.78 is 0. The van der Waals surface area contributed by atoms with E-state index in [2.05, 4.69) is 25.5 Å². The number of fused-ring (bicyclic) bond motifs is 3. The van der Waals surface area contributed by atoms with E-state index in [0.717, 1.165) is 29.3 Å². The molecule has 4 rings (SSSR count). The Morgan fingerprint density at radius 2 is 2.19 bits per heavy atom. The largest absolute Gasteiger partial charge is 0.353 e. The van der Waals surface area contributed by atoms with Crippen molar-refractivity contribution >= 4 is 39.7 Å². The summed E-state index contributed by atoms with van der Waals surface area (Å²) in [7, 11) is 0. The SMILES string of the molecule is O=C(CSc1nnc2c(n1)[nH]c1ccccc12)NC1CC1. The highest BCUT2D eigenvalue weighted by atomic mass is 32.2. The number of aromatic nitrogens is 4. The molecular formula is C14H13N5OS. The van der Waals surface area contributed by atoms with Crippen molar-refractivity contribution in [3.05, 3.63) is 24.3 Å². The second-order valence-corrected chi connectivity index (χ2v) is 6.04. The molecule has 1 aromatic carbocycles. The minimum atomic E-state index is 0.0304. The zero-order chi connectivity index (χ0) is 14.2. The Kier molecular flexibility index (Phi) is 2.99. The Bertz CT molecular complexity index is 826. The van der Waals surface area contributed by atoms with Crippen molar-refractivity contribution in [2.45, 2.75) is 24.0 Å². The second-order valence-electron chi connectivity index (χ2n) is 5.09. The van der Waals surface area contributed by atoms with E-state index >= 15 is 0 Å². The average Bonchev–Trinajstić information content (AvgIpc) is 3.23. The number of nitrogens with zero attached hydrogens (tertiary/aromatic N) is 3. The predicted octanol–water partition coefficient (Wildman–Crippen LogP) is 1.88. The summed E-state index contributed by atoms with van der Waals surface area (Å²) in [6.45, 7) is 0. The van der Waals surface area contributed by atoms with Gasteiger partial charge in [0.2, 0.25) is 11.1 Å². The monoisotopic (exact) mass is 299 g/mol. The fraction of sp³-hybridized carbons (Fsp3) is 0.286. The standard InChI is InChI=1S/C14H13N5OS/c20-11(15-8-5-6-8)7-21-14-17-13-12(18-19-14)9-3-1-2-4-10(9)16-13/h1-4,8H,5-7H2,(H,15,20)(H,16,17,19). The summed E-state index contributed by atoms with van der Waals surface area (Å²) in [6.07, 6.45) is 2.19. The third-order valence-electron chi connectivity index (χ3n) is 3.38. The quantitative estimate of drug-likeness (QED) is 0.719. The summed E-state index contributed by atoms with van der Waals surface area (Å²) >= 11 is 1.31. The van der Waals surface area contributed by atoms with Gasteiger partial charge in [-0.3, -0.25) is 4.79 Å². The first-order chi connectivity index (χ1) is 10.3. The molecule has 0 atom stereocenters. The van der Waals surface area contributed by atoms with E-state index in [9.17, 15) is 4.79 Å². The van der Waals surface area contributed by atoms with Crippen LogP contribution in [0.3, 0.4) is 0 Å². The zero-order valence-electron chi connectivity index (χ0n) is 11.2. The zero-order valence-corrected chi connectivity index (χ0v) is 12.0. The second kappa shape index (κ2) is 5.00. The molecule has 0 saturated heterocycles. The summed E-state index contributed by atoms with van der Waals surface area (Å²) in [5, 5.41) is 12.8. The molecule has 1 fully saturated rings. The molecule has 6 nitrogen and oxygen atoms in total. The normalized spacial score (nSPS) is 14.7. The molecule has 2 aromatic heterocycles. The topological polar surface area (TPSA) is 83.6 Å². The molecule has 0 bridgehead atoms. The van der Waals surface area contributed by atoms with Gasteiger partial charge in [0.15, 0.2) is 5.65 Å². The molecule has 1 amide bonds. The number of hydrogen-bond donors (Lipinski definition) is 2.